The minimum absolute atomic E-state index is 0.173. The van der Waals surface area contributed by atoms with Crippen LogP contribution in [0.3, 0.4) is 0 Å². The maximum absolute atomic E-state index is 11.7. The molecule has 6 nitrogen and oxygen atoms in total. The number of amides is 2. The smallest absolute Gasteiger partial charge is 0.414 e. The molecular weight excluding hydrogens is 270 g/mol. The quantitative estimate of drug-likeness (QED) is 0.786. The molecule has 0 saturated carbocycles. The normalized spacial score (nSPS) is 11.3. The van der Waals surface area contributed by atoms with E-state index in [2.05, 4.69) is 16.1 Å². The zero-order chi connectivity index (χ0) is 15.7. The largest absolute Gasteiger partial charge is 0.450 e. The van der Waals surface area contributed by atoms with E-state index in [0.29, 0.717) is 12.1 Å². The van der Waals surface area contributed by atoms with Gasteiger partial charge >= 0.3 is 6.09 Å². The Morgan fingerprint density at radius 3 is 2.76 bits per heavy atom. The topological polar surface area (TPSA) is 83.6 Å². The molecule has 0 aliphatic carbocycles. The third kappa shape index (κ3) is 6.06. The molecule has 0 spiro atoms. The first kappa shape index (κ1) is 16.7. The molecule has 21 heavy (non-hydrogen) atoms. The summed E-state index contributed by atoms with van der Waals surface area (Å²) in [5.74, 6) is -0.373. The lowest BCUT2D eigenvalue weighted by atomic mass is 10.1. The molecule has 0 aliphatic rings. The Bertz CT molecular complexity index is 537. The van der Waals surface area contributed by atoms with Gasteiger partial charge in [0, 0.05) is 5.56 Å². The number of nitriles is 1. The molecule has 0 bridgehead atoms. The first-order valence-corrected chi connectivity index (χ1v) is 6.88. The molecule has 2 amide bonds. The van der Waals surface area contributed by atoms with Gasteiger partial charge in [0.15, 0.2) is 6.54 Å². The fourth-order valence-electron chi connectivity index (χ4n) is 1.90. The summed E-state index contributed by atoms with van der Waals surface area (Å²) in [5, 5.41) is 11.1. The standard InChI is InChI=1S/C15H19N3O3/c1-3-18(11-14(19)17-15(20)21-4-2)10-13-7-5-6-12(8-13)9-16/h5-8H,3-4,10-11H2,1-2H3,(H,17,19,20)/p+1. The third-order valence-electron chi connectivity index (χ3n) is 2.94. The number of carbonyl (C=O) groups excluding carboxylic acids is 2. The van der Waals surface area contributed by atoms with Crippen LogP contribution in [0.5, 0.6) is 0 Å². The van der Waals surface area contributed by atoms with E-state index in [4.69, 9.17) is 5.26 Å². The maximum atomic E-state index is 11.7. The van der Waals surface area contributed by atoms with Crippen LogP contribution in [0.1, 0.15) is 25.0 Å². The monoisotopic (exact) mass is 290 g/mol. The van der Waals surface area contributed by atoms with E-state index < -0.39 is 6.09 Å². The summed E-state index contributed by atoms with van der Waals surface area (Å²) in [5.41, 5.74) is 1.58. The van der Waals surface area contributed by atoms with Crippen molar-refractivity contribution in [3.05, 3.63) is 35.4 Å². The number of ether oxygens (including phenoxy) is 1. The zero-order valence-corrected chi connectivity index (χ0v) is 12.3. The number of carbonyl (C=O) groups is 2. The fourth-order valence-corrected chi connectivity index (χ4v) is 1.90. The second-order valence-corrected chi connectivity index (χ2v) is 4.54. The number of quaternary nitrogens is 1. The van der Waals surface area contributed by atoms with Gasteiger partial charge in [-0.2, -0.15) is 5.26 Å². The van der Waals surface area contributed by atoms with Gasteiger partial charge in [-0.05, 0) is 26.0 Å². The van der Waals surface area contributed by atoms with Crippen LogP contribution in [0.4, 0.5) is 4.79 Å². The molecule has 1 atom stereocenters. The van der Waals surface area contributed by atoms with Crippen molar-refractivity contribution in [3.8, 4) is 6.07 Å². The van der Waals surface area contributed by atoms with E-state index in [1.54, 1.807) is 19.1 Å². The van der Waals surface area contributed by atoms with Crippen molar-refractivity contribution in [2.45, 2.75) is 20.4 Å². The Hall–Kier alpha value is -2.39. The van der Waals surface area contributed by atoms with Crippen LogP contribution in [0.25, 0.3) is 0 Å². The van der Waals surface area contributed by atoms with Crippen LogP contribution < -0.4 is 10.2 Å². The third-order valence-corrected chi connectivity index (χ3v) is 2.94. The number of alkyl carbamates (subject to hydrolysis) is 1. The summed E-state index contributed by atoms with van der Waals surface area (Å²) >= 11 is 0. The summed E-state index contributed by atoms with van der Waals surface area (Å²) in [4.78, 5) is 23.9. The summed E-state index contributed by atoms with van der Waals surface area (Å²) in [7, 11) is 0. The Kier molecular flexibility index (Phi) is 6.92. The van der Waals surface area contributed by atoms with Gasteiger partial charge in [-0.25, -0.2) is 4.79 Å². The Morgan fingerprint density at radius 1 is 1.38 bits per heavy atom. The number of nitrogens with zero attached hydrogens (tertiary/aromatic N) is 1. The highest BCUT2D eigenvalue weighted by molar-refractivity contribution is 5.92. The molecule has 1 aromatic rings. The highest BCUT2D eigenvalue weighted by Gasteiger charge is 2.16. The van der Waals surface area contributed by atoms with Crippen LogP contribution in [0, 0.1) is 11.3 Å². The number of hydrogen-bond donors (Lipinski definition) is 2. The number of likely N-dealkylation sites (N-methyl/N-ethyl adjacent to an activating group) is 1. The van der Waals surface area contributed by atoms with Crippen molar-refractivity contribution in [1.82, 2.24) is 5.32 Å². The van der Waals surface area contributed by atoms with Crippen molar-refractivity contribution in [3.63, 3.8) is 0 Å². The Labute approximate surface area is 124 Å². The predicted molar refractivity (Wildman–Crippen MR) is 76.4 cm³/mol. The van der Waals surface area contributed by atoms with Crippen molar-refractivity contribution >= 4 is 12.0 Å². The molecule has 1 aromatic carbocycles. The van der Waals surface area contributed by atoms with E-state index in [1.165, 1.54) is 0 Å². The van der Waals surface area contributed by atoms with Crippen molar-refractivity contribution < 1.29 is 19.2 Å². The molecule has 0 fully saturated rings. The van der Waals surface area contributed by atoms with Gasteiger partial charge in [-0.1, -0.05) is 12.1 Å². The van der Waals surface area contributed by atoms with Crippen LogP contribution in [-0.2, 0) is 16.1 Å². The second-order valence-electron chi connectivity index (χ2n) is 4.54. The molecular formula is C15H20N3O3+. The molecule has 1 rings (SSSR count). The van der Waals surface area contributed by atoms with Crippen LogP contribution >= 0.6 is 0 Å². The highest BCUT2D eigenvalue weighted by atomic mass is 16.5. The second kappa shape index (κ2) is 8.72. The first-order valence-electron chi connectivity index (χ1n) is 6.88. The molecule has 2 N–H and O–H groups in total. The molecule has 0 heterocycles. The highest BCUT2D eigenvalue weighted by Crippen LogP contribution is 2.02. The summed E-state index contributed by atoms with van der Waals surface area (Å²) in [6.45, 7) is 5.38. The van der Waals surface area contributed by atoms with Gasteiger partial charge in [-0.3, -0.25) is 10.1 Å². The van der Waals surface area contributed by atoms with Crippen molar-refractivity contribution in [2.24, 2.45) is 0 Å². The minimum Gasteiger partial charge on any atom is -0.450 e. The lowest BCUT2D eigenvalue weighted by Gasteiger charge is -2.17. The average Bonchev–Trinajstić information content (AvgIpc) is 2.46. The molecule has 1 unspecified atom stereocenters. The van der Waals surface area contributed by atoms with Crippen LogP contribution in [0.15, 0.2) is 24.3 Å². The van der Waals surface area contributed by atoms with Gasteiger partial charge in [0.05, 0.1) is 24.8 Å². The van der Waals surface area contributed by atoms with Gasteiger partial charge in [0.2, 0.25) is 0 Å². The SMILES string of the molecule is CCOC(=O)NC(=O)C[NH+](CC)Cc1cccc(C#N)c1. The van der Waals surface area contributed by atoms with Gasteiger partial charge < -0.3 is 9.64 Å². The lowest BCUT2D eigenvalue weighted by Crippen LogP contribution is -3.11. The van der Waals surface area contributed by atoms with E-state index in [1.807, 2.05) is 19.1 Å². The zero-order valence-electron chi connectivity index (χ0n) is 12.3. The molecule has 0 aromatic heterocycles. The molecule has 112 valence electrons. The van der Waals surface area contributed by atoms with Gasteiger partial charge in [0.25, 0.3) is 5.91 Å². The summed E-state index contributed by atoms with van der Waals surface area (Å²) in [6.07, 6.45) is -0.718. The Balaban J connectivity index is 2.56. The van der Waals surface area contributed by atoms with E-state index >= 15 is 0 Å². The van der Waals surface area contributed by atoms with E-state index in [9.17, 15) is 9.59 Å². The fraction of sp³-hybridized carbons (Fsp3) is 0.400. The molecule has 0 saturated heterocycles. The molecule has 0 radical (unpaired) electrons. The first-order chi connectivity index (χ1) is 10.1. The van der Waals surface area contributed by atoms with Crippen LogP contribution in [0.2, 0.25) is 0 Å². The summed E-state index contributed by atoms with van der Waals surface area (Å²) in [6, 6.07) is 9.37. The van der Waals surface area contributed by atoms with Gasteiger partial charge in [-0.15, -0.1) is 0 Å². The number of rotatable bonds is 6. The number of benzene rings is 1. The average molecular weight is 290 g/mol. The van der Waals surface area contributed by atoms with Crippen molar-refractivity contribution in [2.75, 3.05) is 19.7 Å². The minimum atomic E-state index is -0.718. The Morgan fingerprint density at radius 2 is 2.14 bits per heavy atom. The van der Waals surface area contributed by atoms with E-state index in [0.717, 1.165) is 17.0 Å². The lowest BCUT2D eigenvalue weighted by molar-refractivity contribution is -0.904. The van der Waals surface area contributed by atoms with Crippen LogP contribution in [-0.4, -0.2) is 31.7 Å². The van der Waals surface area contributed by atoms with Gasteiger partial charge in [0.1, 0.15) is 6.54 Å². The number of hydrogen-bond acceptors (Lipinski definition) is 4. The number of imide groups is 1. The maximum Gasteiger partial charge on any atom is 0.414 e. The van der Waals surface area contributed by atoms with E-state index in [-0.39, 0.29) is 19.1 Å². The number of nitrogens with one attached hydrogen (secondary N) is 2. The summed E-state index contributed by atoms with van der Waals surface area (Å²) < 4.78 is 4.66. The molecule has 6 heteroatoms. The molecule has 0 aliphatic heterocycles. The predicted octanol–water partition coefficient (Wildman–Crippen LogP) is 0.236. The van der Waals surface area contributed by atoms with Crippen molar-refractivity contribution in [1.29, 1.82) is 5.26 Å².